The first-order chi connectivity index (χ1) is 9.40. The van der Waals surface area contributed by atoms with Gasteiger partial charge in [-0.3, -0.25) is 0 Å². The van der Waals surface area contributed by atoms with Crippen LogP contribution in [0.2, 0.25) is 0 Å². The van der Waals surface area contributed by atoms with Crippen molar-refractivity contribution in [3.63, 3.8) is 0 Å². The van der Waals surface area contributed by atoms with Crippen LogP contribution in [0.1, 0.15) is 39.5 Å². The summed E-state index contributed by atoms with van der Waals surface area (Å²) in [7, 11) is 0. The Hall–Kier alpha value is -1.12. The summed E-state index contributed by atoms with van der Waals surface area (Å²) < 4.78 is 1.06. The van der Waals surface area contributed by atoms with Gasteiger partial charge in [0.25, 0.3) is 0 Å². The summed E-state index contributed by atoms with van der Waals surface area (Å²) in [5.74, 6) is 0. The van der Waals surface area contributed by atoms with Crippen LogP contribution in [0, 0.1) is 27.7 Å². The van der Waals surface area contributed by atoms with E-state index in [1.807, 2.05) is 12.1 Å². The van der Waals surface area contributed by atoms with E-state index in [-0.39, 0.29) is 0 Å². The minimum atomic E-state index is -0.449. The van der Waals surface area contributed by atoms with Crippen molar-refractivity contribution in [2.45, 2.75) is 40.2 Å². The van der Waals surface area contributed by atoms with Crippen LogP contribution in [-0.4, -0.2) is 5.11 Å². The van der Waals surface area contributed by atoms with Gasteiger partial charge in [-0.05, 0) is 73.2 Å². The van der Waals surface area contributed by atoms with Gasteiger partial charge in [0, 0.05) is 10.9 Å². The topological polar surface area (TPSA) is 20.2 Å². The number of hydrogen-bond donors (Lipinski definition) is 1. The van der Waals surface area contributed by atoms with E-state index in [4.69, 9.17) is 0 Å². The number of aliphatic hydroxyl groups excluding tert-OH is 1. The smallest absolute Gasteiger partial charge is 0.0835 e. The van der Waals surface area contributed by atoms with E-state index in [0.717, 1.165) is 15.6 Å². The van der Waals surface area contributed by atoms with Crippen molar-refractivity contribution < 1.29 is 5.11 Å². The molecule has 2 heteroatoms. The molecule has 0 aliphatic rings. The van der Waals surface area contributed by atoms with Gasteiger partial charge in [-0.2, -0.15) is 0 Å². The molecule has 0 aliphatic heterocycles. The molecule has 0 saturated heterocycles. The molecule has 0 fully saturated rings. The fourth-order valence-corrected chi connectivity index (χ4v) is 2.96. The number of benzene rings is 2. The fourth-order valence-electron chi connectivity index (χ4n) is 2.69. The van der Waals surface area contributed by atoms with Crippen LogP contribution in [0.5, 0.6) is 0 Å². The van der Waals surface area contributed by atoms with Crippen molar-refractivity contribution in [2.75, 3.05) is 0 Å². The van der Waals surface area contributed by atoms with Crippen LogP contribution in [0.4, 0.5) is 0 Å². The van der Waals surface area contributed by atoms with E-state index in [9.17, 15) is 5.11 Å². The van der Waals surface area contributed by atoms with Gasteiger partial charge in [0.15, 0.2) is 0 Å². The van der Waals surface area contributed by atoms with Crippen LogP contribution in [0.3, 0.4) is 0 Å². The van der Waals surface area contributed by atoms with E-state index in [2.05, 4.69) is 61.8 Å². The second kappa shape index (κ2) is 6.11. The molecule has 1 unspecified atom stereocenters. The molecular formula is C18H21BrO. The van der Waals surface area contributed by atoms with Crippen LogP contribution in [-0.2, 0) is 6.42 Å². The lowest BCUT2D eigenvalue weighted by molar-refractivity contribution is 0.177. The lowest BCUT2D eigenvalue weighted by Crippen LogP contribution is -2.08. The highest BCUT2D eigenvalue weighted by atomic mass is 79.9. The molecule has 1 atom stereocenters. The number of halogens is 1. The molecule has 2 aromatic carbocycles. The van der Waals surface area contributed by atoms with Gasteiger partial charge in [0.2, 0.25) is 0 Å². The van der Waals surface area contributed by atoms with Crippen molar-refractivity contribution in [3.8, 4) is 0 Å². The van der Waals surface area contributed by atoms with Gasteiger partial charge in [0.05, 0.1) is 6.10 Å². The SMILES string of the molecule is Cc1cc(C)c(C)c(C(O)Cc2ccc(Br)cc2)c1C. The van der Waals surface area contributed by atoms with Crippen molar-refractivity contribution in [1.82, 2.24) is 0 Å². The highest BCUT2D eigenvalue weighted by Crippen LogP contribution is 2.29. The molecule has 0 aliphatic carbocycles. The van der Waals surface area contributed by atoms with E-state index in [1.54, 1.807) is 0 Å². The summed E-state index contributed by atoms with van der Waals surface area (Å²) in [5, 5.41) is 10.6. The first-order valence-electron chi connectivity index (χ1n) is 6.90. The molecule has 0 spiro atoms. The Labute approximate surface area is 129 Å². The van der Waals surface area contributed by atoms with Crippen molar-refractivity contribution in [3.05, 3.63) is 68.2 Å². The molecular weight excluding hydrogens is 312 g/mol. The van der Waals surface area contributed by atoms with E-state index in [1.165, 1.54) is 22.3 Å². The Morgan fingerprint density at radius 1 is 0.950 bits per heavy atom. The molecule has 0 saturated carbocycles. The maximum atomic E-state index is 10.6. The summed E-state index contributed by atoms with van der Waals surface area (Å²) in [5.41, 5.74) is 7.15. The normalized spacial score (nSPS) is 12.5. The first-order valence-corrected chi connectivity index (χ1v) is 7.69. The van der Waals surface area contributed by atoms with Crippen LogP contribution in [0.25, 0.3) is 0 Å². The monoisotopic (exact) mass is 332 g/mol. The fraction of sp³-hybridized carbons (Fsp3) is 0.333. The van der Waals surface area contributed by atoms with Gasteiger partial charge in [-0.25, -0.2) is 0 Å². The minimum absolute atomic E-state index is 0.449. The van der Waals surface area contributed by atoms with Crippen LogP contribution < -0.4 is 0 Å². The maximum Gasteiger partial charge on any atom is 0.0835 e. The number of hydrogen-bond acceptors (Lipinski definition) is 1. The average molecular weight is 333 g/mol. The minimum Gasteiger partial charge on any atom is -0.388 e. The summed E-state index contributed by atoms with van der Waals surface area (Å²) in [6, 6.07) is 10.3. The Balaban J connectivity index is 2.34. The zero-order valence-electron chi connectivity index (χ0n) is 12.5. The Morgan fingerprint density at radius 3 is 1.95 bits per heavy atom. The van der Waals surface area contributed by atoms with Gasteiger partial charge in [0.1, 0.15) is 0 Å². The molecule has 0 heterocycles. The standard InChI is InChI=1S/C18H21BrO/c1-11-9-12(2)14(4)18(13(11)3)17(20)10-15-5-7-16(19)8-6-15/h5-9,17,20H,10H2,1-4H3. The van der Waals surface area contributed by atoms with Crippen molar-refractivity contribution in [2.24, 2.45) is 0 Å². The number of aliphatic hydroxyl groups is 1. The molecule has 20 heavy (non-hydrogen) atoms. The number of aryl methyl sites for hydroxylation is 2. The van der Waals surface area contributed by atoms with Gasteiger partial charge < -0.3 is 5.11 Å². The van der Waals surface area contributed by atoms with E-state index < -0.39 is 6.10 Å². The third-order valence-corrected chi connectivity index (χ3v) is 4.63. The Bertz CT molecular complexity index is 588. The molecule has 106 valence electrons. The Kier molecular flexibility index (Phi) is 4.66. The number of rotatable bonds is 3. The zero-order chi connectivity index (χ0) is 14.9. The zero-order valence-corrected chi connectivity index (χ0v) is 14.1. The lowest BCUT2D eigenvalue weighted by Gasteiger charge is -2.20. The van der Waals surface area contributed by atoms with Crippen molar-refractivity contribution >= 4 is 15.9 Å². The predicted octanol–water partition coefficient (Wildman–Crippen LogP) is 4.96. The van der Waals surface area contributed by atoms with Gasteiger partial charge in [-0.1, -0.05) is 34.1 Å². The average Bonchev–Trinajstić information content (AvgIpc) is 2.39. The molecule has 0 radical (unpaired) electrons. The highest BCUT2D eigenvalue weighted by Gasteiger charge is 2.16. The molecule has 1 nitrogen and oxygen atoms in total. The van der Waals surface area contributed by atoms with Crippen molar-refractivity contribution in [1.29, 1.82) is 0 Å². The summed E-state index contributed by atoms with van der Waals surface area (Å²) >= 11 is 3.44. The third-order valence-electron chi connectivity index (χ3n) is 4.10. The summed E-state index contributed by atoms with van der Waals surface area (Å²) in [6.07, 6.45) is 0.201. The predicted molar refractivity (Wildman–Crippen MR) is 88.2 cm³/mol. The lowest BCUT2D eigenvalue weighted by atomic mass is 9.89. The maximum absolute atomic E-state index is 10.6. The molecule has 0 aromatic heterocycles. The van der Waals surface area contributed by atoms with Crippen LogP contribution in [0.15, 0.2) is 34.8 Å². The molecule has 2 rings (SSSR count). The quantitative estimate of drug-likeness (QED) is 0.842. The summed E-state index contributed by atoms with van der Waals surface area (Å²) in [4.78, 5) is 0. The highest BCUT2D eigenvalue weighted by molar-refractivity contribution is 9.10. The van der Waals surface area contributed by atoms with E-state index in [0.29, 0.717) is 6.42 Å². The second-order valence-corrected chi connectivity index (χ2v) is 6.44. The molecule has 1 N–H and O–H groups in total. The third kappa shape index (κ3) is 3.13. The van der Waals surface area contributed by atoms with Gasteiger partial charge in [-0.15, -0.1) is 0 Å². The van der Waals surface area contributed by atoms with Gasteiger partial charge >= 0.3 is 0 Å². The first kappa shape index (κ1) is 15.3. The Morgan fingerprint density at radius 2 is 1.45 bits per heavy atom. The molecule has 0 amide bonds. The second-order valence-electron chi connectivity index (χ2n) is 5.52. The summed E-state index contributed by atoms with van der Waals surface area (Å²) in [6.45, 7) is 8.42. The molecule has 2 aromatic rings. The molecule has 0 bridgehead atoms. The largest absolute Gasteiger partial charge is 0.388 e. The van der Waals surface area contributed by atoms with Crippen LogP contribution >= 0.6 is 15.9 Å². The van der Waals surface area contributed by atoms with E-state index >= 15 is 0 Å².